The molecule has 1 fully saturated rings. The summed E-state index contributed by atoms with van der Waals surface area (Å²) in [6.45, 7) is 6.26. The van der Waals surface area contributed by atoms with E-state index in [2.05, 4.69) is 22.8 Å². The molecular formula is C22H23Cl3N4O. The monoisotopic (exact) mass is 464 g/mol. The molecule has 1 saturated heterocycles. The number of nitrogens with zero attached hydrogens (tertiary/aromatic N) is 4. The van der Waals surface area contributed by atoms with Gasteiger partial charge in [-0.05, 0) is 48.9 Å². The van der Waals surface area contributed by atoms with Crippen molar-refractivity contribution in [3.8, 4) is 5.69 Å². The van der Waals surface area contributed by atoms with Crippen LogP contribution in [0.3, 0.4) is 0 Å². The Bertz CT molecular complexity index is 1110. The second-order valence-corrected chi connectivity index (χ2v) is 8.82. The molecule has 2 heterocycles. The maximum Gasteiger partial charge on any atom is 0.290 e. The summed E-state index contributed by atoms with van der Waals surface area (Å²) in [6, 6.07) is 13.2. The summed E-state index contributed by atoms with van der Waals surface area (Å²) >= 11 is 18.6. The molecule has 2 aromatic carbocycles. The van der Waals surface area contributed by atoms with Crippen molar-refractivity contribution in [1.82, 2.24) is 14.3 Å². The Morgan fingerprint density at radius 2 is 1.53 bits per heavy atom. The van der Waals surface area contributed by atoms with Gasteiger partial charge in [-0.2, -0.15) is 0 Å². The van der Waals surface area contributed by atoms with Crippen LogP contribution in [0, 0.1) is 6.92 Å². The lowest BCUT2D eigenvalue weighted by Gasteiger charge is -2.37. The zero-order valence-corrected chi connectivity index (χ0v) is 19.2. The van der Waals surface area contributed by atoms with E-state index in [9.17, 15) is 4.79 Å². The molecule has 158 valence electrons. The molecule has 0 amide bonds. The van der Waals surface area contributed by atoms with Gasteiger partial charge in [-0.1, -0.05) is 40.9 Å². The van der Waals surface area contributed by atoms with Crippen LogP contribution in [0.25, 0.3) is 5.69 Å². The van der Waals surface area contributed by atoms with E-state index in [0.717, 1.165) is 42.6 Å². The predicted octanol–water partition coefficient (Wildman–Crippen LogP) is 4.77. The number of piperazine rings is 1. The van der Waals surface area contributed by atoms with Crippen molar-refractivity contribution >= 4 is 40.5 Å². The quantitative estimate of drug-likeness (QED) is 0.557. The number of halogens is 3. The van der Waals surface area contributed by atoms with Crippen molar-refractivity contribution in [2.24, 2.45) is 7.05 Å². The van der Waals surface area contributed by atoms with E-state index in [1.807, 2.05) is 36.0 Å². The number of aromatic nitrogens is 2. The molecular weight excluding hydrogens is 443 g/mol. The van der Waals surface area contributed by atoms with Crippen LogP contribution in [0.4, 0.5) is 5.69 Å². The van der Waals surface area contributed by atoms with Crippen molar-refractivity contribution in [2.45, 2.75) is 13.5 Å². The molecule has 30 heavy (non-hydrogen) atoms. The molecule has 4 rings (SSSR count). The SMILES string of the molecule is Cc1ccc(Cl)cc1N1CCN(Cc2c(Cl)c(=O)n(-c3ccc(Cl)cc3)n2C)CC1. The van der Waals surface area contributed by atoms with Crippen molar-refractivity contribution in [3.05, 3.63) is 79.1 Å². The maximum absolute atomic E-state index is 12.8. The van der Waals surface area contributed by atoms with Gasteiger partial charge in [0, 0.05) is 55.5 Å². The van der Waals surface area contributed by atoms with Crippen LogP contribution >= 0.6 is 34.8 Å². The van der Waals surface area contributed by atoms with Crippen LogP contribution in [-0.4, -0.2) is 40.4 Å². The summed E-state index contributed by atoms with van der Waals surface area (Å²) in [5, 5.41) is 1.64. The molecule has 0 unspecified atom stereocenters. The Hall–Kier alpha value is -1.92. The zero-order chi connectivity index (χ0) is 21.4. The highest BCUT2D eigenvalue weighted by atomic mass is 35.5. The van der Waals surface area contributed by atoms with Crippen molar-refractivity contribution in [3.63, 3.8) is 0 Å². The number of hydrogen-bond donors (Lipinski definition) is 0. The molecule has 0 radical (unpaired) electrons. The molecule has 1 aromatic heterocycles. The minimum atomic E-state index is -0.218. The van der Waals surface area contributed by atoms with E-state index >= 15 is 0 Å². The number of aryl methyl sites for hydroxylation is 1. The number of benzene rings is 2. The van der Waals surface area contributed by atoms with E-state index in [4.69, 9.17) is 34.8 Å². The van der Waals surface area contributed by atoms with Gasteiger partial charge in [-0.25, -0.2) is 4.68 Å². The molecule has 1 aliphatic rings. The number of anilines is 1. The lowest BCUT2D eigenvalue weighted by molar-refractivity contribution is 0.243. The van der Waals surface area contributed by atoms with Gasteiger partial charge in [0.2, 0.25) is 0 Å². The minimum Gasteiger partial charge on any atom is -0.369 e. The standard InChI is InChI=1S/C22H23Cl3N4O/c1-15-3-4-17(24)13-19(15)28-11-9-27(10-12-28)14-20-21(25)22(30)29(26(20)2)18-7-5-16(23)6-8-18/h3-8,13H,9-12,14H2,1-2H3. The predicted molar refractivity (Wildman–Crippen MR) is 125 cm³/mol. The molecule has 5 nitrogen and oxygen atoms in total. The molecule has 3 aromatic rings. The number of rotatable bonds is 4. The molecule has 0 bridgehead atoms. The molecule has 0 spiro atoms. The molecule has 1 aliphatic heterocycles. The summed E-state index contributed by atoms with van der Waals surface area (Å²) in [4.78, 5) is 17.5. The fourth-order valence-electron chi connectivity index (χ4n) is 3.94. The van der Waals surface area contributed by atoms with Crippen LogP contribution in [0.5, 0.6) is 0 Å². The molecule has 0 saturated carbocycles. The summed E-state index contributed by atoms with van der Waals surface area (Å²) in [5.41, 5.74) is 3.73. The van der Waals surface area contributed by atoms with Gasteiger partial charge in [0.1, 0.15) is 5.02 Å². The van der Waals surface area contributed by atoms with Crippen LogP contribution in [-0.2, 0) is 13.6 Å². The summed E-state index contributed by atoms with van der Waals surface area (Å²) in [7, 11) is 1.86. The Kier molecular flexibility index (Phi) is 6.16. The van der Waals surface area contributed by atoms with E-state index in [1.54, 1.807) is 16.8 Å². The number of hydrogen-bond acceptors (Lipinski definition) is 3. The molecule has 0 atom stereocenters. The van der Waals surface area contributed by atoms with Crippen LogP contribution in [0.15, 0.2) is 47.3 Å². The Labute approximate surface area is 191 Å². The van der Waals surface area contributed by atoms with Crippen molar-refractivity contribution in [2.75, 3.05) is 31.1 Å². The smallest absolute Gasteiger partial charge is 0.290 e. The lowest BCUT2D eigenvalue weighted by atomic mass is 10.1. The van der Waals surface area contributed by atoms with Gasteiger partial charge in [-0.15, -0.1) is 0 Å². The van der Waals surface area contributed by atoms with E-state index in [0.29, 0.717) is 11.6 Å². The van der Waals surface area contributed by atoms with Gasteiger partial charge in [0.25, 0.3) is 5.56 Å². The summed E-state index contributed by atoms with van der Waals surface area (Å²) in [6.07, 6.45) is 0. The van der Waals surface area contributed by atoms with Gasteiger partial charge in [-0.3, -0.25) is 14.4 Å². The lowest BCUT2D eigenvalue weighted by Crippen LogP contribution is -2.46. The first-order valence-corrected chi connectivity index (χ1v) is 10.9. The highest BCUT2D eigenvalue weighted by Gasteiger charge is 2.23. The maximum atomic E-state index is 12.8. The minimum absolute atomic E-state index is 0.218. The Balaban J connectivity index is 1.51. The Morgan fingerprint density at radius 1 is 0.900 bits per heavy atom. The first-order chi connectivity index (χ1) is 14.3. The van der Waals surface area contributed by atoms with Gasteiger partial charge in [0.05, 0.1) is 11.4 Å². The third kappa shape index (κ3) is 4.12. The highest BCUT2D eigenvalue weighted by molar-refractivity contribution is 6.31. The second kappa shape index (κ2) is 8.67. The van der Waals surface area contributed by atoms with Crippen LogP contribution in [0.1, 0.15) is 11.3 Å². The van der Waals surface area contributed by atoms with Crippen LogP contribution in [0.2, 0.25) is 15.1 Å². The van der Waals surface area contributed by atoms with E-state index < -0.39 is 0 Å². The molecule has 0 aliphatic carbocycles. The van der Waals surface area contributed by atoms with E-state index in [-0.39, 0.29) is 10.6 Å². The molecule has 0 N–H and O–H groups in total. The first-order valence-electron chi connectivity index (χ1n) is 9.81. The van der Waals surface area contributed by atoms with E-state index in [1.165, 1.54) is 11.3 Å². The van der Waals surface area contributed by atoms with Gasteiger partial charge < -0.3 is 4.90 Å². The fourth-order valence-corrected chi connectivity index (χ4v) is 4.50. The van der Waals surface area contributed by atoms with Gasteiger partial charge in [0.15, 0.2) is 0 Å². The van der Waals surface area contributed by atoms with Crippen LogP contribution < -0.4 is 10.5 Å². The third-order valence-electron chi connectivity index (χ3n) is 5.65. The third-order valence-corrected chi connectivity index (χ3v) is 6.52. The Morgan fingerprint density at radius 3 is 2.20 bits per heavy atom. The summed E-state index contributed by atoms with van der Waals surface area (Å²) < 4.78 is 3.42. The fraction of sp³-hybridized carbons (Fsp3) is 0.318. The van der Waals surface area contributed by atoms with Crippen molar-refractivity contribution in [1.29, 1.82) is 0 Å². The molecule has 8 heteroatoms. The zero-order valence-electron chi connectivity index (χ0n) is 16.9. The topological polar surface area (TPSA) is 33.4 Å². The average Bonchev–Trinajstić information content (AvgIpc) is 2.94. The normalized spacial score (nSPS) is 15.0. The second-order valence-electron chi connectivity index (χ2n) is 7.57. The highest BCUT2D eigenvalue weighted by Crippen LogP contribution is 2.26. The average molecular weight is 466 g/mol. The largest absolute Gasteiger partial charge is 0.369 e. The summed E-state index contributed by atoms with van der Waals surface area (Å²) in [5.74, 6) is 0. The van der Waals surface area contributed by atoms with Gasteiger partial charge >= 0.3 is 0 Å². The van der Waals surface area contributed by atoms with Crippen molar-refractivity contribution < 1.29 is 0 Å². The first kappa shape index (κ1) is 21.3.